The van der Waals surface area contributed by atoms with Gasteiger partial charge < -0.3 is 26.4 Å². The van der Waals surface area contributed by atoms with E-state index >= 15 is 0 Å². The molecule has 1 unspecified atom stereocenters. The summed E-state index contributed by atoms with van der Waals surface area (Å²) in [5, 5.41) is 8.30. The Kier molecular flexibility index (Phi) is 8.07. The number of amides is 3. The van der Waals surface area contributed by atoms with Gasteiger partial charge in [-0.2, -0.15) is 0 Å². The molecule has 0 spiro atoms. The summed E-state index contributed by atoms with van der Waals surface area (Å²) in [4.78, 5) is 23.3. The third-order valence-corrected chi connectivity index (χ3v) is 3.13. The lowest BCUT2D eigenvalue weighted by Crippen LogP contribution is -2.34. The minimum atomic E-state index is -0.263. The lowest BCUT2D eigenvalue weighted by Gasteiger charge is -2.13. The second-order valence-electron chi connectivity index (χ2n) is 5.52. The molecule has 0 bridgehead atoms. The zero-order valence-corrected chi connectivity index (χ0v) is 13.9. The van der Waals surface area contributed by atoms with Gasteiger partial charge in [0.25, 0.3) is 0 Å². The van der Waals surface area contributed by atoms with Crippen LogP contribution in [0.5, 0.6) is 0 Å². The third kappa shape index (κ3) is 7.62. The molecule has 0 radical (unpaired) electrons. The van der Waals surface area contributed by atoms with Crippen molar-refractivity contribution in [1.29, 1.82) is 0 Å². The fraction of sp³-hybridized carbons (Fsp3) is 0.500. The molecule has 0 saturated heterocycles. The van der Waals surface area contributed by atoms with Crippen LogP contribution in [-0.2, 0) is 16.1 Å². The number of ether oxygens (including phenoxy) is 1. The Hall–Kier alpha value is -2.12. The average molecular weight is 322 g/mol. The highest BCUT2D eigenvalue weighted by molar-refractivity contribution is 5.89. The van der Waals surface area contributed by atoms with Gasteiger partial charge in [0.1, 0.15) is 0 Å². The van der Waals surface area contributed by atoms with Crippen molar-refractivity contribution in [2.24, 2.45) is 5.73 Å². The second kappa shape index (κ2) is 9.81. The van der Waals surface area contributed by atoms with Crippen LogP contribution in [0.15, 0.2) is 24.3 Å². The number of carbonyl (C=O) groups excluding carboxylic acids is 2. The summed E-state index contributed by atoms with van der Waals surface area (Å²) in [6, 6.07) is 7.12. The molecule has 1 aromatic carbocycles. The van der Waals surface area contributed by atoms with Crippen LogP contribution in [0.25, 0.3) is 0 Å². The predicted molar refractivity (Wildman–Crippen MR) is 90.0 cm³/mol. The van der Waals surface area contributed by atoms with E-state index in [-0.39, 0.29) is 30.5 Å². The molecule has 128 valence electrons. The van der Waals surface area contributed by atoms with Crippen LogP contribution in [0.2, 0.25) is 0 Å². The molecule has 1 aromatic rings. The van der Waals surface area contributed by atoms with Gasteiger partial charge in [0.2, 0.25) is 5.91 Å². The standard InChI is InChI=1S/C16H26N4O3/c1-11(2)19-16(22)20-13-6-4-12(5-7-13)10-18-15(21)8-14(9-17)23-3/h4-7,11,14H,8-10,17H2,1-3H3,(H,18,21)(H2,19,20,22). The van der Waals surface area contributed by atoms with Gasteiger partial charge >= 0.3 is 6.03 Å². The first kappa shape index (κ1) is 18.9. The van der Waals surface area contributed by atoms with Crippen molar-refractivity contribution in [3.8, 4) is 0 Å². The number of nitrogens with two attached hydrogens (primary N) is 1. The van der Waals surface area contributed by atoms with Crippen molar-refractivity contribution in [3.05, 3.63) is 29.8 Å². The van der Waals surface area contributed by atoms with Crippen LogP contribution in [0.1, 0.15) is 25.8 Å². The fourth-order valence-electron chi connectivity index (χ4n) is 1.88. The number of methoxy groups -OCH3 is 1. The number of urea groups is 1. The number of benzene rings is 1. The molecule has 7 heteroatoms. The molecular formula is C16H26N4O3. The van der Waals surface area contributed by atoms with Gasteiger partial charge in [-0.15, -0.1) is 0 Å². The van der Waals surface area contributed by atoms with Crippen molar-refractivity contribution in [2.75, 3.05) is 19.0 Å². The van der Waals surface area contributed by atoms with E-state index < -0.39 is 0 Å². The molecular weight excluding hydrogens is 296 g/mol. The molecule has 0 aromatic heterocycles. The summed E-state index contributed by atoms with van der Waals surface area (Å²) in [7, 11) is 1.53. The first-order valence-electron chi connectivity index (χ1n) is 7.60. The number of hydrogen-bond donors (Lipinski definition) is 4. The van der Waals surface area contributed by atoms with Crippen molar-refractivity contribution < 1.29 is 14.3 Å². The van der Waals surface area contributed by atoms with Crippen molar-refractivity contribution >= 4 is 17.6 Å². The van der Waals surface area contributed by atoms with Gasteiger partial charge in [-0.25, -0.2) is 4.79 Å². The number of rotatable bonds is 8. The topological polar surface area (TPSA) is 105 Å². The normalized spacial score (nSPS) is 11.9. The Morgan fingerprint density at radius 3 is 2.39 bits per heavy atom. The Labute approximate surface area is 137 Å². The maximum absolute atomic E-state index is 11.7. The fourth-order valence-corrected chi connectivity index (χ4v) is 1.88. The van der Waals surface area contributed by atoms with E-state index in [1.807, 2.05) is 26.0 Å². The molecule has 0 aliphatic rings. The van der Waals surface area contributed by atoms with E-state index in [9.17, 15) is 9.59 Å². The molecule has 0 fully saturated rings. The molecule has 7 nitrogen and oxygen atoms in total. The minimum absolute atomic E-state index is 0.0777. The van der Waals surface area contributed by atoms with E-state index in [0.29, 0.717) is 18.8 Å². The zero-order valence-electron chi connectivity index (χ0n) is 13.9. The first-order chi connectivity index (χ1) is 10.9. The van der Waals surface area contributed by atoms with Crippen molar-refractivity contribution in [1.82, 2.24) is 10.6 Å². The number of hydrogen-bond acceptors (Lipinski definition) is 4. The highest BCUT2D eigenvalue weighted by atomic mass is 16.5. The second-order valence-corrected chi connectivity index (χ2v) is 5.52. The van der Waals surface area contributed by atoms with Gasteiger partial charge in [-0.3, -0.25) is 4.79 Å². The summed E-state index contributed by atoms with van der Waals surface area (Å²) < 4.78 is 5.07. The van der Waals surface area contributed by atoms with Gasteiger partial charge in [-0.05, 0) is 31.5 Å². The lowest BCUT2D eigenvalue weighted by molar-refractivity contribution is -0.123. The molecule has 0 aliphatic carbocycles. The monoisotopic (exact) mass is 322 g/mol. The smallest absolute Gasteiger partial charge is 0.319 e. The first-order valence-corrected chi connectivity index (χ1v) is 7.60. The quantitative estimate of drug-likeness (QED) is 0.577. The largest absolute Gasteiger partial charge is 0.380 e. The summed E-state index contributed by atoms with van der Waals surface area (Å²) >= 11 is 0. The lowest BCUT2D eigenvalue weighted by atomic mass is 10.2. The Morgan fingerprint density at radius 2 is 1.87 bits per heavy atom. The van der Waals surface area contributed by atoms with E-state index in [0.717, 1.165) is 5.56 Å². The Morgan fingerprint density at radius 1 is 1.22 bits per heavy atom. The van der Waals surface area contributed by atoms with E-state index in [1.54, 1.807) is 12.1 Å². The number of nitrogens with one attached hydrogen (secondary N) is 3. The summed E-state index contributed by atoms with van der Waals surface area (Å²) in [5.41, 5.74) is 7.12. The molecule has 3 amide bonds. The van der Waals surface area contributed by atoms with Gasteiger partial charge in [-0.1, -0.05) is 12.1 Å². The summed E-state index contributed by atoms with van der Waals surface area (Å²) in [5.74, 6) is -0.110. The molecule has 1 atom stereocenters. The van der Waals surface area contributed by atoms with Gasteiger partial charge in [0, 0.05) is 31.9 Å². The molecule has 0 saturated carbocycles. The van der Waals surface area contributed by atoms with Crippen LogP contribution >= 0.6 is 0 Å². The summed E-state index contributed by atoms with van der Waals surface area (Å²) in [6.45, 7) is 4.51. The van der Waals surface area contributed by atoms with Crippen LogP contribution in [0.4, 0.5) is 10.5 Å². The summed E-state index contributed by atoms with van der Waals surface area (Å²) in [6.07, 6.45) is -0.0248. The number of carbonyl (C=O) groups is 2. The average Bonchev–Trinajstić information content (AvgIpc) is 2.51. The molecule has 0 heterocycles. The van der Waals surface area contributed by atoms with E-state index in [2.05, 4.69) is 16.0 Å². The maximum Gasteiger partial charge on any atom is 0.319 e. The van der Waals surface area contributed by atoms with Crippen LogP contribution in [0.3, 0.4) is 0 Å². The predicted octanol–water partition coefficient (Wildman–Crippen LogP) is 1.20. The Bertz CT molecular complexity index is 499. The highest BCUT2D eigenvalue weighted by Gasteiger charge is 2.11. The van der Waals surface area contributed by atoms with Crippen LogP contribution < -0.4 is 21.7 Å². The number of anilines is 1. The molecule has 5 N–H and O–H groups in total. The molecule has 0 aliphatic heterocycles. The van der Waals surface area contributed by atoms with Gasteiger partial charge in [0.15, 0.2) is 0 Å². The third-order valence-electron chi connectivity index (χ3n) is 3.13. The highest BCUT2D eigenvalue weighted by Crippen LogP contribution is 2.09. The maximum atomic E-state index is 11.7. The van der Waals surface area contributed by atoms with E-state index in [1.165, 1.54) is 7.11 Å². The Balaban J connectivity index is 2.42. The zero-order chi connectivity index (χ0) is 17.2. The SMILES string of the molecule is COC(CN)CC(=O)NCc1ccc(NC(=O)NC(C)C)cc1. The van der Waals surface area contributed by atoms with Crippen LogP contribution in [-0.4, -0.2) is 37.7 Å². The van der Waals surface area contributed by atoms with E-state index in [4.69, 9.17) is 10.5 Å². The minimum Gasteiger partial charge on any atom is -0.380 e. The van der Waals surface area contributed by atoms with Gasteiger partial charge in [0.05, 0.1) is 12.5 Å². The van der Waals surface area contributed by atoms with Crippen LogP contribution in [0, 0.1) is 0 Å². The molecule has 1 rings (SSSR count). The van der Waals surface area contributed by atoms with Crippen molar-refractivity contribution in [3.63, 3.8) is 0 Å². The molecule has 23 heavy (non-hydrogen) atoms. The van der Waals surface area contributed by atoms with Crippen molar-refractivity contribution in [2.45, 2.75) is 39.0 Å².